The van der Waals surface area contributed by atoms with E-state index < -0.39 is 46.7 Å². The van der Waals surface area contributed by atoms with Crippen LogP contribution in [0.25, 0.3) is 11.1 Å². The van der Waals surface area contributed by atoms with Crippen LogP contribution in [-0.4, -0.2) is 42.0 Å². The molecule has 3 aromatic rings. The number of alkyl halides is 6. The first kappa shape index (κ1) is 29.3. The number of anilines is 2. The molecule has 4 rings (SSSR count). The van der Waals surface area contributed by atoms with E-state index in [-0.39, 0.29) is 24.9 Å². The van der Waals surface area contributed by atoms with Crippen molar-refractivity contribution in [3.05, 3.63) is 77.0 Å². The number of hydrogen-bond acceptors (Lipinski definition) is 5. The highest BCUT2D eigenvalue weighted by Gasteiger charge is 2.40. The molecule has 0 bridgehead atoms. The number of aliphatic hydroxyl groups excluding tert-OH is 1. The topological polar surface area (TPSA) is 74.7 Å². The fourth-order valence-electron chi connectivity index (χ4n) is 4.38. The number of ether oxygens (including phenoxy) is 1. The normalized spacial score (nSPS) is 16.6. The minimum atomic E-state index is -5.05. The molecule has 1 aliphatic rings. The third kappa shape index (κ3) is 6.23. The Labute approximate surface area is 226 Å². The first-order valence-electron chi connectivity index (χ1n) is 12.3. The zero-order valence-corrected chi connectivity index (χ0v) is 21.8. The van der Waals surface area contributed by atoms with Gasteiger partial charge in [0.1, 0.15) is 5.82 Å². The number of β-amino-alcohol motifs (C(OH)–C–C–N with tert-alkyl or cyclic N) is 1. The van der Waals surface area contributed by atoms with Crippen LogP contribution in [-0.2, 0) is 27.3 Å². The average molecular weight is 568 g/mol. The molecule has 1 aromatic heterocycles. The van der Waals surface area contributed by atoms with Crippen molar-refractivity contribution in [3.8, 4) is 11.1 Å². The molecule has 0 radical (unpaired) electrons. The summed E-state index contributed by atoms with van der Waals surface area (Å²) in [6.07, 6.45) is -9.73. The number of carbonyl (C=O) groups is 1. The molecule has 2 aromatic carbocycles. The zero-order valence-electron chi connectivity index (χ0n) is 21.8. The van der Waals surface area contributed by atoms with Gasteiger partial charge in [0, 0.05) is 12.1 Å². The van der Waals surface area contributed by atoms with Crippen molar-refractivity contribution >= 4 is 17.4 Å². The summed E-state index contributed by atoms with van der Waals surface area (Å²) in [7, 11) is 0. The summed E-state index contributed by atoms with van der Waals surface area (Å²) in [4.78, 5) is 19.7. The summed E-state index contributed by atoms with van der Waals surface area (Å²) < 4.78 is 85.9. The van der Waals surface area contributed by atoms with Crippen molar-refractivity contribution in [1.82, 2.24) is 4.98 Å². The van der Waals surface area contributed by atoms with Crippen LogP contribution in [0.1, 0.15) is 36.1 Å². The lowest BCUT2D eigenvalue weighted by Gasteiger charge is -2.32. The quantitative estimate of drug-likeness (QED) is 0.361. The maximum absolute atomic E-state index is 13.5. The van der Waals surface area contributed by atoms with Crippen LogP contribution in [0, 0.1) is 6.92 Å². The van der Waals surface area contributed by atoms with Crippen molar-refractivity contribution in [2.45, 2.75) is 44.8 Å². The Morgan fingerprint density at radius 3 is 2.15 bits per heavy atom. The highest BCUT2D eigenvalue weighted by atomic mass is 19.4. The summed E-state index contributed by atoms with van der Waals surface area (Å²) >= 11 is 0. The Balaban J connectivity index is 1.75. The van der Waals surface area contributed by atoms with Crippen molar-refractivity contribution in [2.75, 3.05) is 29.9 Å². The van der Waals surface area contributed by atoms with E-state index in [0.29, 0.717) is 30.1 Å². The maximum atomic E-state index is 13.5. The van der Waals surface area contributed by atoms with Crippen molar-refractivity contribution in [1.29, 1.82) is 0 Å². The van der Waals surface area contributed by atoms with Gasteiger partial charge < -0.3 is 20.1 Å². The molecule has 1 atom stereocenters. The predicted octanol–water partition coefficient (Wildman–Crippen LogP) is 6.17. The van der Waals surface area contributed by atoms with E-state index in [9.17, 15) is 36.2 Å². The summed E-state index contributed by atoms with van der Waals surface area (Å²) in [5.41, 5.74) is -2.92. The minimum Gasteiger partial charge on any atom is -0.366 e. The van der Waals surface area contributed by atoms with E-state index in [0.717, 1.165) is 11.1 Å². The Kier molecular flexibility index (Phi) is 7.88. The van der Waals surface area contributed by atoms with Gasteiger partial charge in [0.25, 0.3) is 0 Å². The van der Waals surface area contributed by atoms with E-state index in [1.54, 1.807) is 17.0 Å². The van der Waals surface area contributed by atoms with Gasteiger partial charge in [-0.1, -0.05) is 24.3 Å². The van der Waals surface area contributed by atoms with Gasteiger partial charge in [0.05, 0.1) is 41.6 Å². The first-order valence-corrected chi connectivity index (χ1v) is 12.3. The molecule has 6 nitrogen and oxygen atoms in total. The van der Waals surface area contributed by atoms with E-state index >= 15 is 0 Å². The number of hydrogen-bond donors (Lipinski definition) is 2. The summed E-state index contributed by atoms with van der Waals surface area (Å²) in [5.74, 6) is -0.336. The van der Waals surface area contributed by atoms with Crippen molar-refractivity contribution in [3.63, 3.8) is 0 Å². The van der Waals surface area contributed by atoms with Gasteiger partial charge in [-0.05, 0) is 61.7 Å². The molecule has 0 saturated carbocycles. The number of rotatable bonds is 5. The molecule has 12 heteroatoms. The van der Waals surface area contributed by atoms with Crippen LogP contribution < -0.4 is 10.2 Å². The molecule has 1 saturated heterocycles. The molecule has 1 fully saturated rings. The van der Waals surface area contributed by atoms with E-state index in [1.165, 1.54) is 20.0 Å². The highest BCUT2D eigenvalue weighted by Crippen LogP contribution is 2.40. The Morgan fingerprint density at radius 2 is 1.57 bits per heavy atom. The fraction of sp³-hybridized carbons (Fsp3) is 0.357. The number of carbonyl (C=O) groups excluding carboxylic acids is 1. The lowest BCUT2D eigenvalue weighted by Crippen LogP contribution is -2.42. The molecule has 40 heavy (non-hydrogen) atoms. The number of aliphatic hydroxyl groups is 1. The smallest absolute Gasteiger partial charge is 0.366 e. The molecule has 1 amide bonds. The predicted molar refractivity (Wildman–Crippen MR) is 137 cm³/mol. The van der Waals surface area contributed by atoms with E-state index in [2.05, 4.69) is 10.3 Å². The fourth-order valence-corrected chi connectivity index (χ4v) is 4.38. The number of halogens is 6. The monoisotopic (exact) mass is 567 g/mol. The number of pyridine rings is 1. The number of benzene rings is 2. The highest BCUT2D eigenvalue weighted by molar-refractivity contribution is 6.01. The lowest BCUT2D eigenvalue weighted by atomic mass is 9.81. The second kappa shape index (κ2) is 10.7. The SMILES string of the molecule is Cc1ccccc1-c1cc(N2CCOC(O)C2)ncc1NC(=O)C(C)(C)c1cc(C(F)(F)F)cc(C(F)(F)F)c1. The lowest BCUT2D eigenvalue weighted by molar-refractivity contribution is -0.143. The third-order valence-corrected chi connectivity index (χ3v) is 6.82. The first-order chi connectivity index (χ1) is 18.6. The molecule has 2 N–H and O–H groups in total. The molecule has 1 aliphatic heterocycles. The summed E-state index contributed by atoms with van der Waals surface area (Å²) in [5, 5.41) is 12.6. The average Bonchev–Trinajstić information content (AvgIpc) is 2.88. The zero-order chi connectivity index (χ0) is 29.5. The minimum absolute atomic E-state index is 0.0268. The molecular formula is C28H27F6N3O3. The van der Waals surface area contributed by atoms with E-state index in [4.69, 9.17) is 4.74 Å². The number of aromatic nitrogens is 1. The number of morpholine rings is 1. The third-order valence-electron chi connectivity index (χ3n) is 6.82. The Hall–Kier alpha value is -3.64. The van der Waals surface area contributed by atoms with Crippen molar-refractivity contribution < 1.29 is 41.0 Å². The molecule has 214 valence electrons. The summed E-state index contributed by atoms with van der Waals surface area (Å²) in [6, 6.07) is 10.1. The number of nitrogens with one attached hydrogen (secondary N) is 1. The van der Waals surface area contributed by atoms with Gasteiger partial charge in [-0.25, -0.2) is 4.98 Å². The standard InChI is InChI=1S/C28H27F6N3O3/c1-16-6-4-5-7-20(16)21-13-23(37-8-9-40-24(38)15-37)35-14-22(21)36-25(39)26(2,3)17-10-18(27(29,30)31)12-19(11-17)28(32,33)34/h4-7,10-14,24,38H,8-9,15H2,1-3H3,(H,36,39). The second-order valence-corrected chi connectivity index (χ2v) is 10.0. The molecule has 1 unspecified atom stereocenters. The second-order valence-electron chi connectivity index (χ2n) is 10.0. The molecule has 0 aliphatic carbocycles. The van der Waals surface area contributed by atoms with Gasteiger partial charge in [-0.2, -0.15) is 26.3 Å². The van der Waals surface area contributed by atoms with Crippen LogP contribution >= 0.6 is 0 Å². The molecular weight excluding hydrogens is 540 g/mol. The van der Waals surface area contributed by atoms with Gasteiger partial charge in [-0.15, -0.1) is 0 Å². The number of nitrogens with zero attached hydrogens (tertiary/aromatic N) is 2. The molecule has 2 heterocycles. The largest absolute Gasteiger partial charge is 0.416 e. The van der Waals surface area contributed by atoms with Crippen LogP contribution in [0.15, 0.2) is 54.7 Å². The van der Waals surface area contributed by atoms with Gasteiger partial charge in [-0.3, -0.25) is 4.79 Å². The van der Waals surface area contributed by atoms with Gasteiger partial charge in [0.15, 0.2) is 6.29 Å². The van der Waals surface area contributed by atoms with Gasteiger partial charge in [0.2, 0.25) is 5.91 Å². The van der Waals surface area contributed by atoms with E-state index in [1.807, 2.05) is 25.1 Å². The molecule has 0 spiro atoms. The van der Waals surface area contributed by atoms with Crippen LogP contribution in [0.2, 0.25) is 0 Å². The van der Waals surface area contributed by atoms with Crippen molar-refractivity contribution in [2.24, 2.45) is 0 Å². The Bertz CT molecular complexity index is 1370. The van der Waals surface area contributed by atoms with Crippen LogP contribution in [0.5, 0.6) is 0 Å². The van der Waals surface area contributed by atoms with Crippen LogP contribution in [0.4, 0.5) is 37.8 Å². The maximum Gasteiger partial charge on any atom is 0.416 e. The summed E-state index contributed by atoms with van der Waals surface area (Å²) in [6.45, 7) is 5.24. The number of amides is 1. The number of aryl methyl sites for hydroxylation is 1. The van der Waals surface area contributed by atoms with Crippen LogP contribution in [0.3, 0.4) is 0 Å². The van der Waals surface area contributed by atoms with Gasteiger partial charge >= 0.3 is 12.4 Å². The Morgan fingerprint density at radius 1 is 0.975 bits per heavy atom.